The molecule has 8 heteroatoms. The number of Topliss-reactive ketones (excluding diaryl/α,β-unsaturated/α-hetero) is 2. The van der Waals surface area contributed by atoms with Gasteiger partial charge in [0.15, 0.2) is 11.6 Å². The first kappa shape index (κ1) is 16.9. The highest BCUT2D eigenvalue weighted by Gasteiger charge is 2.21. The number of ketones is 2. The van der Waals surface area contributed by atoms with Gasteiger partial charge in [-0.1, -0.05) is 12.1 Å². The van der Waals surface area contributed by atoms with Gasteiger partial charge in [0.1, 0.15) is 0 Å². The second-order valence-electron chi connectivity index (χ2n) is 5.09. The third-order valence-corrected chi connectivity index (χ3v) is 3.48. The van der Waals surface area contributed by atoms with Crippen LogP contribution in [-0.4, -0.2) is 21.4 Å². The molecule has 2 rings (SSSR count). The molecule has 24 heavy (non-hydrogen) atoms. The van der Waals surface area contributed by atoms with Crippen LogP contribution in [0.25, 0.3) is 11.1 Å². The second-order valence-corrected chi connectivity index (χ2v) is 5.09. The number of hydrogen-bond donors (Lipinski definition) is 0. The topological polar surface area (TPSA) is 120 Å². The summed E-state index contributed by atoms with van der Waals surface area (Å²) in [6.45, 7) is 2.43. The Morgan fingerprint density at radius 3 is 1.33 bits per heavy atom. The Hall–Kier alpha value is -3.42. The molecular formula is C16H12N2O6. The second kappa shape index (κ2) is 6.37. The van der Waals surface area contributed by atoms with E-state index in [9.17, 15) is 29.8 Å². The molecule has 2 aromatic rings. The van der Waals surface area contributed by atoms with Crippen molar-refractivity contribution in [1.82, 2.24) is 0 Å². The summed E-state index contributed by atoms with van der Waals surface area (Å²) in [6, 6.07) is 7.92. The summed E-state index contributed by atoms with van der Waals surface area (Å²) in [5.74, 6) is -0.905. The molecule has 0 aliphatic carbocycles. The lowest BCUT2D eigenvalue weighted by atomic mass is 9.98. The minimum Gasteiger partial charge on any atom is -0.294 e. The quantitative estimate of drug-likeness (QED) is 0.470. The molecule has 0 bridgehead atoms. The molecule has 0 aliphatic heterocycles. The van der Waals surface area contributed by atoms with Crippen molar-refractivity contribution in [3.05, 3.63) is 67.8 Å². The molecule has 122 valence electrons. The number of benzene rings is 2. The van der Waals surface area contributed by atoms with Crippen molar-refractivity contribution < 1.29 is 19.4 Å². The molecule has 8 nitrogen and oxygen atoms in total. The van der Waals surface area contributed by atoms with Crippen LogP contribution in [0.4, 0.5) is 11.4 Å². The molecule has 0 unspecified atom stereocenters. The van der Waals surface area contributed by atoms with Crippen LogP contribution in [0.5, 0.6) is 0 Å². The minimum atomic E-state index is -0.682. The molecule has 0 spiro atoms. The number of carbonyl (C=O) groups excluding carboxylic acids is 2. The Kier molecular flexibility index (Phi) is 4.50. The summed E-state index contributed by atoms with van der Waals surface area (Å²) in [5.41, 5.74) is -0.163. The summed E-state index contributed by atoms with van der Waals surface area (Å²) in [6.07, 6.45) is 0. The van der Waals surface area contributed by atoms with Gasteiger partial charge in [-0.25, -0.2) is 0 Å². The fourth-order valence-corrected chi connectivity index (χ4v) is 2.32. The lowest BCUT2D eigenvalue weighted by Gasteiger charge is -2.06. The van der Waals surface area contributed by atoms with Gasteiger partial charge in [0.25, 0.3) is 11.4 Å². The van der Waals surface area contributed by atoms with Crippen LogP contribution in [0.1, 0.15) is 34.6 Å². The number of rotatable bonds is 5. The highest BCUT2D eigenvalue weighted by atomic mass is 16.6. The molecule has 0 amide bonds. The zero-order chi connectivity index (χ0) is 18.0. The summed E-state index contributed by atoms with van der Waals surface area (Å²) in [5, 5.41) is 22.3. The van der Waals surface area contributed by atoms with Gasteiger partial charge < -0.3 is 0 Å². The van der Waals surface area contributed by atoms with Crippen molar-refractivity contribution in [2.24, 2.45) is 0 Å². The van der Waals surface area contributed by atoms with Crippen molar-refractivity contribution in [2.45, 2.75) is 13.8 Å². The van der Waals surface area contributed by atoms with E-state index >= 15 is 0 Å². The molecular weight excluding hydrogens is 316 g/mol. The summed E-state index contributed by atoms with van der Waals surface area (Å²) in [4.78, 5) is 43.8. The predicted molar refractivity (Wildman–Crippen MR) is 85.2 cm³/mol. The van der Waals surface area contributed by atoms with Crippen LogP contribution < -0.4 is 0 Å². The van der Waals surface area contributed by atoms with Gasteiger partial charge in [-0.3, -0.25) is 29.8 Å². The first-order valence-electron chi connectivity index (χ1n) is 6.81. The van der Waals surface area contributed by atoms with Gasteiger partial charge in [-0.2, -0.15) is 0 Å². The zero-order valence-electron chi connectivity index (χ0n) is 12.8. The van der Waals surface area contributed by atoms with Crippen LogP contribution in [-0.2, 0) is 0 Å². The van der Waals surface area contributed by atoms with E-state index in [2.05, 4.69) is 0 Å². The molecule has 0 saturated carbocycles. The molecule has 2 aromatic carbocycles. The number of nitrogens with zero attached hydrogens (tertiary/aromatic N) is 2. The molecule has 0 saturated heterocycles. The van der Waals surface area contributed by atoms with Gasteiger partial charge in [-0.15, -0.1) is 0 Å². The minimum absolute atomic E-state index is 0.0430. The zero-order valence-corrected chi connectivity index (χ0v) is 12.8. The van der Waals surface area contributed by atoms with Crippen molar-refractivity contribution in [3.8, 4) is 11.1 Å². The molecule has 0 aliphatic rings. The third kappa shape index (κ3) is 3.17. The Balaban J connectivity index is 2.64. The molecule has 0 radical (unpaired) electrons. The molecule has 0 N–H and O–H groups in total. The average molecular weight is 328 g/mol. The van der Waals surface area contributed by atoms with Gasteiger partial charge in [0.2, 0.25) is 0 Å². The maximum Gasteiger partial charge on any atom is 0.280 e. The van der Waals surface area contributed by atoms with Crippen LogP contribution in [0, 0.1) is 20.2 Å². The monoisotopic (exact) mass is 328 g/mol. The number of nitro groups is 2. The van der Waals surface area contributed by atoms with E-state index in [0.717, 1.165) is 0 Å². The van der Waals surface area contributed by atoms with E-state index in [-0.39, 0.29) is 22.5 Å². The average Bonchev–Trinajstić information content (AvgIpc) is 2.53. The van der Waals surface area contributed by atoms with Gasteiger partial charge in [0, 0.05) is 12.1 Å². The first-order valence-corrected chi connectivity index (χ1v) is 6.81. The summed E-state index contributed by atoms with van der Waals surface area (Å²) >= 11 is 0. The van der Waals surface area contributed by atoms with Crippen molar-refractivity contribution in [2.75, 3.05) is 0 Å². The first-order chi connectivity index (χ1) is 11.2. The predicted octanol–water partition coefficient (Wildman–Crippen LogP) is 3.58. The smallest absolute Gasteiger partial charge is 0.280 e. The number of carbonyl (C=O) groups is 2. The molecule has 0 heterocycles. The number of nitro benzene ring substituents is 2. The van der Waals surface area contributed by atoms with Crippen LogP contribution in [0.3, 0.4) is 0 Å². The SMILES string of the molecule is CC(=O)c1ccc(-c2ccc(C(C)=O)c([N+](=O)[O-])c2)cc1[N+](=O)[O-]. The van der Waals surface area contributed by atoms with Gasteiger partial charge in [0.05, 0.1) is 21.0 Å². The number of hydrogen-bond acceptors (Lipinski definition) is 6. The molecule has 0 atom stereocenters. The van der Waals surface area contributed by atoms with E-state index in [0.29, 0.717) is 11.1 Å². The fourth-order valence-electron chi connectivity index (χ4n) is 2.32. The Labute approximate surface area is 136 Å². The van der Waals surface area contributed by atoms with Crippen molar-refractivity contribution >= 4 is 22.9 Å². The van der Waals surface area contributed by atoms with E-state index in [1.54, 1.807) is 0 Å². The maximum atomic E-state index is 11.5. The maximum absolute atomic E-state index is 11.5. The fraction of sp³-hybridized carbons (Fsp3) is 0.125. The van der Waals surface area contributed by atoms with E-state index in [4.69, 9.17) is 0 Å². The largest absolute Gasteiger partial charge is 0.294 e. The van der Waals surface area contributed by atoms with E-state index < -0.39 is 21.4 Å². The lowest BCUT2D eigenvalue weighted by Crippen LogP contribution is -2.02. The van der Waals surface area contributed by atoms with Crippen LogP contribution in [0.2, 0.25) is 0 Å². The van der Waals surface area contributed by atoms with Gasteiger partial charge in [-0.05, 0) is 37.1 Å². The summed E-state index contributed by atoms with van der Waals surface area (Å²) < 4.78 is 0. The van der Waals surface area contributed by atoms with Crippen molar-refractivity contribution in [3.63, 3.8) is 0 Å². The normalized spacial score (nSPS) is 10.2. The third-order valence-electron chi connectivity index (χ3n) is 3.48. The van der Waals surface area contributed by atoms with E-state index in [1.807, 2.05) is 0 Å². The summed E-state index contributed by atoms with van der Waals surface area (Å²) in [7, 11) is 0. The van der Waals surface area contributed by atoms with E-state index in [1.165, 1.54) is 50.2 Å². The Bertz CT molecular complexity index is 815. The molecule has 0 fully saturated rings. The Morgan fingerprint density at radius 2 is 1.08 bits per heavy atom. The van der Waals surface area contributed by atoms with Crippen LogP contribution >= 0.6 is 0 Å². The van der Waals surface area contributed by atoms with Gasteiger partial charge >= 0.3 is 0 Å². The standard InChI is InChI=1S/C16H12N2O6/c1-9(19)13-5-3-11(7-15(13)17(21)22)12-4-6-14(10(2)20)16(8-12)18(23)24/h3-8H,1-2H3. The highest BCUT2D eigenvalue weighted by molar-refractivity contribution is 6.00. The molecule has 0 aromatic heterocycles. The Morgan fingerprint density at radius 1 is 0.750 bits per heavy atom. The lowest BCUT2D eigenvalue weighted by molar-refractivity contribution is -0.385. The highest BCUT2D eigenvalue weighted by Crippen LogP contribution is 2.31. The van der Waals surface area contributed by atoms with Crippen LogP contribution in [0.15, 0.2) is 36.4 Å². The van der Waals surface area contributed by atoms with Crippen molar-refractivity contribution in [1.29, 1.82) is 0 Å².